The Labute approximate surface area is 118 Å². The third-order valence-corrected chi connectivity index (χ3v) is 3.65. The summed E-state index contributed by atoms with van der Waals surface area (Å²) in [6.07, 6.45) is 2.75. The highest BCUT2D eigenvalue weighted by molar-refractivity contribution is 6.02. The summed E-state index contributed by atoms with van der Waals surface area (Å²) >= 11 is 0. The summed E-state index contributed by atoms with van der Waals surface area (Å²) in [5.74, 6) is -1.22. The van der Waals surface area contributed by atoms with Crippen molar-refractivity contribution in [2.75, 3.05) is 0 Å². The van der Waals surface area contributed by atoms with Crippen LogP contribution in [-0.4, -0.2) is 17.0 Å². The van der Waals surface area contributed by atoms with E-state index in [-0.39, 0.29) is 17.5 Å². The van der Waals surface area contributed by atoms with Gasteiger partial charge in [0, 0.05) is 11.1 Å². The topological polar surface area (TPSA) is 66.4 Å². The SMILES string of the molecule is C[C@H](NC(=O)C1=C(C(=O)O)CCCC1)c1ccccc1. The molecule has 0 fully saturated rings. The molecule has 0 radical (unpaired) electrons. The van der Waals surface area contributed by atoms with Crippen molar-refractivity contribution in [1.29, 1.82) is 0 Å². The lowest BCUT2D eigenvalue weighted by Crippen LogP contribution is -2.30. The van der Waals surface area contributed by atoms with E-state index >= 15 is 0 Å². The molecular weight excluding hydrogens is 254 g/mol. The lowest BCUT2D eigenvalue weighted by molar-refractivity contribution is -0.133. The maximum atomic E-state index is 12.3. The molecule has 4 nitrogen and oxygen atoms in total. The molecule has 0 saturated carbocycles. The molecule has 1 amide bonds. The molecule has 0 aromatic heterocycles. The smallest absolute Gasteiger partial charge is 0.332 e. The average molecular weight is 273 g/mol. The van der Waals surface area contributed by atoms with E-state index in [1.807, 2.05) is 37.3 Å². The van der Waals surface area contributed by atoms with Gasteiger partial charge in [-0.1, -0.05) is 30.3 Å². The minimum atomic E-state index is -0.970. The van der Waals surface area contributed by atoms with Crippen LogP contribution >= 0.6 is 0 Å². The molecule has 0 spiro atoms. The summed E-state index contributed by atoms with van der Waals surface area (Å²) in [5.41, 5.74) is 1.72. The Morgan fingerprint density at radius 1 is 1.10 bits per heavy atom. The number of amides is 1. The lowest BCUT2D eigenvalue weighted by atomic mass is 9.91. The van der Waals surface area contributed by atoms with Crippen molar-refractivity contribution >= 4 is 11.9 Å². The van der Waals surface area contributed by atoms with Crippen LogP contribution in [-0.2, 0) is 9.59 Å². The predicted molar refractivity (Wildman–Crippen MR) is 76.1 cm³/mol. The molecule has 0 unspecified atom stereocenters. The number of carboxylic acid groups (broad SMARTS) is 1. The van der Waals surface area contributed by atoms with Gasteiger partial charge in [-0.25, -0.2) is 4.79 Å². The van der Waals surface area contributed by atoms with E-state index in [4.69, 9.17) is 0 Å². The zero-order valence-corrected chi connectivity index (χ0v) is 11.6. The first-order valence-electron chi connectivity index (χ1n) is 6.90. The number of hydrogen-bond acceptors (Lipinski definition) is 2. The summed E-state index contributed by atoms with van der Waals surface area (Å²) in [6, 6.07) is 9.51. The van der Waals surface area contributed by atoms with E-state index in [2.05, 4.69) is 5.32 Å². The Morgan fingerprint density at radius 3 is 2.30 bits per heavy atom. The van der Waals surface area contributed by atoms with E-state index in [1.165, 1.54) is 0 Å². The van der Waals surface area contributed by atoms with Crippen LogP contribution in [0.2, 0.25) is 0 Å². The van der Waals surface area contributed by atoms with Crippen LogP contribution in [0.25, 0.3) is 0 Å². The van der Waals surface area contributed by atoms with Crippen LogP contribution in [0.3, 0.4) is 0 Å². The van der Waals surface area contributed by atoms with Crippen LogP contribution in [0, 0.1) is 0 Å². The van der Waals surface area contributed by atoms with Gasteiger partial charge in [-0.15, -0.1) is 0 Å². The van der Waals surface area contributed by atoms with Crippen molar-refractivity contribution in [3.05, 3.63) is 47.0 Å². The maximum Gasteiger partial charge on any atom is 0.332 e. The Balaban J connectivity index is 2.13. The van der Waals surface area contributed by atoms with Crippen molar-refractivity contribution in [3.8, 4) is 0 Å². The molecular formula is C16H19NO3. The maximum absolute atomic E-state index is 12.3. The van der Waals surface area contributed by atoms with Gasteiger partial charge in [0.15, 0.2) is 0 Å². The summed E-state index contributed by atoms with van der Waals surface area (Å²) < 4.78 is 0. The molecule has 1 atom stereocenters. The van der Waals surface area contributed by atoms with E-state index in [1.54, 1.807) is 0 Å². The average Bonchev–Trinajstić information content (AvgIpc) is 2.48. The number of aliphatic carboxylic acids is 1. The molecule has 1 aliphatic rings. The molecule has 4 heteroatoms. The molecule has 0 aliphatic heterocycles. The molecule has 0 heterocycles. The Hall–Kier alpha value is -2.10. The van der Waals surface area contributed by atoms with Gasteiger partial charge >= 0.3 is 5.97 Å². The molecule has 1 aliphatic carbocycles. The third-order valence-electron chi connectivity index (χ3n) is 3.65. The summed E-state index contributed by atoms with van der Waals surface area (Å²) in [7, 11) is 0. The van der Waals surface area contributed by atoms with Crippen molar-refractivity contribution in [2.24, 2.45) is 0 Å². The number of rotatable bonds is 4. The second kappa shape index (κ2) is 6.37. The van der Waals surface area contributed by atoms with Crippen LogP contribution < -0.4 is 5.32 Å². The second-order valence-electron chi connectivity index (χ2n) is 5.08. The molecule has 1 aromatic carbocycles. The van der Waals surface area contributed by atoms with Crippen molar-refractivity contribution in [3.63, 3.8) is 0 Å². The lowest BCUT2D eigenvalue weighted by Gasteiger charge is -2.20. The Morgan fingerprint density at radius 2 is 1.70 bits per heavy atom. The van der Waals surface area contributed by atoms with Gasteiger partial charge in [-0.3, -0.25) is 4.79 Å². The Bertz CT molecular complexity index is 534. The number of carboxylic acids is 1. The van der Waals surface area contributed by atoms with E-state index < -0.39 is 5.97 Å². The molecule has 2 rings (SSSR count). The first kappa shape index (κ1) is 14.3. The van der Waals surface area contributed by atoms with E-state index in [9.17, 15) is 14.7 Å². The summed E-state index contributed by atoms with van der Waals surface area (Å²) in [5, 5.41) is 12.1. The monoisotopic (exact) mass is 273 g/mol. The fourth-order valence-corrected chi connectivity index (χ4v) is 2.50. The van der Waals surface area contributed by atoms with E-state index in [0.29, 0.717) is 18.4 Å². The number of hydrogen-bond donors (Lipinski definition) is 2. The van der Waals surface area contributed by atoms with Crippen molar-refractivity contribution < 1.29 is 14.7 Å². The number of nitrogens with one attached hydrogen (secondary N) is 1. The largest absolute Gasteiger partial charge is 0.478 e. The number of carbonyl (C=O) groups excluding carboxylic acids is 1. The standard InChI is InChI=1S/C16H19NO3/c1-11(12-7-3-2-4-8-12)17-15(18)13-9-5-6-10-14(13)16(19)20/h2-4,7-8,11H,5-6,9-10H2,1H3,(H,17,18)(H,19,20)/t11-/m0/s1. The molecule has 1 aromatic rings. The molecule has 0 saturated heterocycles. The van der Waals surface area contributed by atoms with Gasteiger partial charge in [0.25, 0.3) is 0 Å². The van der Waals surface area contributed by atoms with Gasteiger partial charge in [-0.2, -0.15) is 0 Å². The molecule has 20 heavy (non-hydrogen) atoms. The first-order chi connectivity index (χ1) is 9.59. The van der Waals surface area contributed by atoms with Crippen molar-refractivity contribution in [1.82, 2.24) is 5.32 Å². The number of carbonyl (C=O) groups is 2. The highest BCUT2D eigenvalue weighted by atomic mass is 16.4. The minimum absolute atomic E-state index is 0.131. The van der Waals surface area contributed by atoms with Gasteiger partial charge in [-0.05, 0) is 38.2 Å². The molecule has 106 valence electrons. The second-order valence-corrected chi connectivity index (χ2v) is 5.08. The van der Waals surface area contributed by atoms with Crippen molar-refractivity contribution in [2.45, 2.75) is 38.6 Å². The summed E-state index contributed by atoms with van der Waals surface area (Å²) in [4.78, 5) is 23.5. The Kier molecular flexibility index (Phi) is 4.56. The zero-order valence-electron chi connectivity index (χ0n) is 11.6. The van der Waals surface area contributed by atoms with Crippen LogP contribution in [0.15, 0.2) is 41.5 Å². The first-order valence-corrected chi connectivity index (χ1v) is 6.90. The van der Waals surface area contributed by atoms with E-state index in [0.717, 1.165) is 18.4 Å². The van der Waals surface area contributed by atoms with Gasteiger partial charge < -0.3 is 10.4 Å². The fourth-order valence-electron chi connectivity index (χ4n) is 2.50. The van der Waals surface area contributed by atoms with Crippen LogP contribution in [0.4, 0.5) is 0 Å². The number of benzene rings is 1. The molecule has 2 N–H and O–H groups in total. The quantitative estimate of drug-likeness (QED) is 0.886. The fraction of sp³-hybridized carbons (Fsp3) is 0.375. The van der Waals surface area contributed by atoms with Crippen LogP contribution in [0.5, 0.6) is 0 Å². The highest BCUT2D eigenvalue weighted by Crippen LogP contribution is 2.25. The normalized spacial score (nSPS) is 16.6. The minimum Gasteiger partial charge on any atom is -0.478 e. The van der Waals surface area contributed by atoms with Gasteiger partial charge in [0.05, 0.1) is 6.04 Å². The highest BCUT2D eigenvalue weighted by Gasteiger charge is 2.24. The van der Waals surface area contributed by atoms with Gasteiger partial charge in [0.2, 0.25) is 5.91 Å². The zero-order chi connectivity index (χ0) is 14.5. The van der Waals surface area contributed by atoms with Crippen LogP contribution in [0.1, 0.15) is 44.2 Å². The van der Waals surface area contributed by atoms with Gasteiger partial charge in [0.1, 0.15) is 0 Å². The predicted octanol–water partition coefficient (Wildman–Crippen LogP) is 2.82. The third kappa shape index (κ3) is 3.26. The molecule has 0 bridgehead atoms. The summed E-state index contributed by atoms with van der Waals surface area (Å²) in [6.45, 7) is 1.90.